The molecule has 1 aliphatic rings. The smallest absolute Gasteiger partial charge is 0.542 e. The van der Waals surface area contributed by atoms with E-state index >= 15 is 0 Å². The molecule has 1 aliphatic heterocycles. The van der Waals surface area contributed by atoms with E-state index in [1.54, 1.807) is 6.29 Å². The predicted molar refractivity (Wildman–Crippen MR) is 141 cm³/mol. The van der Waals surface area contributed by atoms with Crippen molar-refractivity contribution >= 4 is 12.1 Å². The minimum absolute atomic E-state index is 0. The Morgan fingerprint density at radius 3 is 2.42 bits per heavy atom. The third-order valence-corrected chi connectivity index (χ3v) is 5.98. The van der Waals surface area contributed by atoms with Gasteiger partial charge in [0.05, 0.1) is 12.2 Å². The molecular formula is C28H40F3N3O3U. The first-order valence-corrected chi connectivity index (χ1v) is 12.7. The van der Waals surface area contributed by atoms with Gasteiger partial charge in [0.15, 0.2) is 0 Å². The maximum atomic E-state index is 13.2. The van der Waals surface area contributed by atoms with Crippen molar-refractivity contribution in [3.8, 4) is 17.0 Å². The van der Waals surface area contributed by atoms with Crippen molar-refractivity contribution in [3.05, 3.63) is 42.3 Å². The first kappa shape index (κ1) is 36.4. The molecule has 1 atom stereocenters. The van der Waals surface area contributed by atoms with E-state index in [2.05, 4.69) is 29.4 Å². The minimum atomic E-state index is -4.56. The number of benzene rings is 1. The van der Waals surface area contributed by atoms with E-state index in [0.29, 0.717) is 37.4 Å². The van der Waals surface area contributed by atoms with Crippen molar-refractivity contribution in [1.82, 2.24) is 10.2 Å². The number of fused-ring (bicyclic) bond motifs is 3. The summed E-state index contributed by atoms with van der Waals surface area (Å²) in [6.45, 7) is 6.63. The number of hydrogen-bond acceptors (Lipinski definition) is 6. The number of aromatic hydroxyl groups is 1. The summed E-state index contributed by atoms with van der Waals surface area (Å²) in [6.07, 6.45) is 5.54. The number of hydrogen-bond donors (Lipinski definition) is 2. The normalized spacial score (nSPS) is 13.4. The molecule has 38 heavy (non-hydrogen) atoms. The molecule has 3 rings (SSSR count). The number of aryl methyl sites for hydroxylation is 1. The summed E-state index contributed by atoms with van der Waals surface area (Å²) in [4.78, 5) is 9.28. The molecule has 2 heterocycles. The average molecular weight is 762 g/mol. The van der Waals surface area contributed by atoms with Gasteiger partial charge in [-0.15, -0.1) is 10.2 Å². The molecular weight excluding hydrogens is 721 g/mol. The van der Waals surface area contributed by atoms with Crippen LogP contribution in [0.25, 0.3) is 11.3 Å². The van der Waals surface area contributed by atoms with Gasteiger partial charge in [0.25, 0.3) is 0 Å². The number of carbonyl (C=O) groups excluding carboxylic acids is 1. The van der Waals surface area contributed by atoms with E-state index in [0.717, 1.165) is 49.8 Å². The van der Waals surface area contributed by atoms with Gasteiger partial charge in [-0.05, 0) is 55.0 Å². The van der Waals surface area contributed by atoms with Crippen LogP contribution in [-0.2, 0) is 28.7 Å². The molecule has 0 unspecified atom stereocenters. The second kappa shape index (κ2) is 18.6. The first-order valence-electron chi connectivity index (χ1n) is 12.7. The molecule has 0 fully saturated rings. The molecule has 0 radical (unpaired) electrons. The van der Waals surface area contributed by atoms with Crippen LogP contribution in [0.4, 0.5) is 19.0 Å². The third kappa shape index (κ3) is 11.2. The van der Waals surface area contributed by atoms with Gasteiger partial charge >= 0.3 is 37.3 Å². The molecule has 0 spiro atoms. The zero-order valence-electron chi connectivity index (χ0n) is 22.9. The van der Waals surface area contributed by atoms with Gasteiger partial charge in [-0.1, -0.05) is 46.5 Å². The third-order valence-electron chi connectivity index (χ3n) is 5.98. The van der Waals surface area contributed by atoms with E-state index in [9.17, 15) is 23.1 Å². The Morgan fingerprint density at radius 2 is 1.84 bits per heavy atom. The van der Waals surface area contributed by atoms with Crippen LogP contribution in [0, 0.1) is 38.5 Å². The molecule has 0 aliphatic carbocycles. The van der Waals surface area contributed by atoms with Gasteiger partial charge < -0.3 is 27.4 Å². The summed E-state index contributed by atoms with van der Waals surface area (Å²) in [5.74, 6) is 0.188. The van der Waals surface area contributed by atoms with Gasteiger partial charge in [0, 0.05) is 18.2 Å². The molecule has 210 valence electrons. The molecule has 0 saturated carbocycles. The molecule has 10 heteroatoms. The summed E-state index contributed by atoms with van der Waals surface area (Å²) in [6, 6.07) is 3.96. The maximum absolute atomic E-state index is 13.2. The molecule has 6 nitrogen and oxygen atoms in total. The standard InChI is InChI=1S/C23H30F3N3O2.C4H7O.CH3.U/c1-3-5-6-9-18(4-2)27-20-12-15-8-7-10-31-14-16-11-17(23(24,25)26)13-19(30)21(16)22(15)29-28-20;1-2-3-4-5;;/h11-13,18,30H,3-10,14H2,1-2H3,(H,27,28);2-3H2,1H3;1H3;/q;2*-1;+2/t18-;;;/m0.../s1. The SMILES string of the molecule is CCCCC[C@H](CC)Nc1cc2c(nn1)-c1c(O)cc(C(F)(F)F)cc1COCCC2.CCC[C-]=O.[CH3-].[U+2]. The van der Waals surface area contributed by atoms with E-state index < -0.39 is 17.5 Å². The quantitative estimate of drug-likeness (QED) is 0.204. The molecule has 2 aromatic rings. The van der Waals surface area contributed by atoms with Gasteiger partial charge in [-0.2, -0.15) is 19.6 Å². The Labute approximate surface area is 248 Å². The monoisotopic (exact) mass is 761 g/mol. The molecule has 1 aromatic carbocycles. The molecule has 1 aromatic heterocycles. The van der Waals surface area contributed by atoms with Crippen LogP contribution in [0.5, 0.6) is 5.75 Å². The number of anilines is 1. The van der Waals surface area contributed by atoms with Crippen molar-refractivity contribution < 1.29 is 58.9 Å². The first-order chi connectivity index (χ1) is 17.2. The fourth-order valence-corrected chi connectivity index (χ4v) is 4.02. The number of alkyl halides is 3. The number of ether oxygens (including phenoxy) is 1. The Kier molecular flexibility index (Phi) is 17.8. The number of unbranched alkanes of at least 4 members (excludes halogenated alkanes) is 3. The van der Waals surface area contributed by atoms with Crippen LogP contribution in [-0.4, -0.2) is 34.2 Å². The van der Waals surface area contributed by atoms with Crippen molar-refractivity contribution in [2.75, 3.05) is 11.9 Å². The zero-order valence-corrected chi connectivity index (χ0v) is 27.0. The van der Waals surface area contributed by atoms with Crippen LogP contribution < -0.4 is 5.32 Å². The van der Waals surface area contributed by atoms with Crippen molar-refractivity contribution in [3.63, 3.8) is 0 Å². The molecule has 0 amide bonds. The van der Waals surface area contributed by atoms with Crippen LogP contribution in [0.1, 0.15) is 88.8 Å². The summed E-state index contributed by atoms with van der Waals surface area (Å²) >= 11 is 0. The summed E-state index contributed by atoms with van der Waals surface area (Å²) in [5.41, 5.74) is 0.867. The van der Waals surface area contributed by atoms with Gasteiger partial charge in [-0.3, -0.25) is 6.29 Å². The fourth-order valence-electron chi connectivity index (χ4n) is 4.02. The number of rotatable bonds is 9. The van der Waals surface area contributed by atoms with Gasteiger partial charge in [0.1, 0.15) is 17.3 Å². The summed E-state index contributed by atoms with van der Waals surface area (Å²) < 4.78 is 45.2. The number of phenolic OH excluding ortho intramolecular Hbond substituents is 1. The van der Waals surface area contributed by atoms with E-state index in [1.807, 2.05) is 13.0 Å². The van der Waals surface area contributed by atoms with E-state index in [4.69, 9.17) is 4.74 Å². The molecule has 0 saturated heterocycles. The van der Waals surface area contributed by atoms with Crippen molar-refractivity contribution in [2.45, 2.75) is 97.4 Å². The fraction of sp³-hybridized carbons (Fsp3) is 0.571. The second-order valence-corrected chi connectivity index (χ2v) is 8.93. The number of halogens is 3. The van der Waals surface area contributed by atoms with Crippen LogP contribution in [0.2, 0.25) is 0 Å². The Bertz CT molecular complexity index is 974. The summed E-state index contributed by atoms with van der Waals surface area (Å²) in [7, 11) is 0. The van der Waals surface area contributed by atoms with E-state index in [1.165, 1.54) is 6.42 Å². The van der Waals surface area contributed by atoms with E-state index in [-0.39, 0.29) is 62.3 Å². The minimum Gasteiger partial charge on any atom is -0.542 e. The summed E-state index contributed by atoms with van der Waals surface area (Å²) in [5, 5.41) is 22.5. The molecule has 2 N–H and O–H groups in total. The predicted octanol–water partition coefficient (Wildman–Crippen LogP) is 7.45. The average Bonchev–Trinajstić information content (AvgIpc) is 2.92. The Balaban J connectivity index is 0.00000179. The van der Waals surface area contributed by atoms with Crippen molar-refractivity contribution in [1.29, 1.82) is 0 Å². The number of aromatic nitrogens is 2. The Hall–Kier alpha value is -1.63. The van der Waals surface area contributed by atoms with Gasteiger partial charge in [-0.25, -0.2) is 0 Å². The topological polar surface area (TPSA) is 84.3 Å². The second-order valence-electron chi connectivity index (χ2n) is 8.93. The van der Waals surface area contributed by atoms with Gasteiger partial charge in [0.2, 0.25) is 0 Å². The number of nitrogens with zero attached hydrogens (tertiary/aromatic N) is 2. The number of nitrogens with one attached hydrogen (secondary N) is 1. The van der Waals surface area contributed by atoms with Crippen LogP contribution in [0.3, 0.4) is 0 Å². The Morgan fingerprint density at radius 1 is 1.11 bits per heavy atom. The maximum Gasteiger partial charge on any atom is 2.00 e. The molecule has 0 bridgehead atoms. The number of phenols is 1. The largest absolute Gasteiger partial charge is 2.00 e. The van der Waals surface area contributed by atoms with Crippen LogP contribution in [0.15, 0.2) is 18.2 Å². The zero-order chi connectivity index (χ0) is 26.6. The van der Waals surface area contributed by atoms with Crippen molar-refractivity contribution in [2.24, 2.45) is 0 Å². The van der Waals surface area contributed by atoms with Crippen LogP contribution >= 0.6 is 0 Å².